The number of hydrogen-bond donors (Lipinski definition) is 2. The Bertz CT molecular complexity index is 700. The molecule has 0 aliphatic carbocycles. The molecule has 6 heteroatoms. The molecule has 0 atom stereocenters. The summed E-state index contributed by atoms with van der Waals surface area (Å²) in [5.74, 6) is -2.45. The first-order valence-electron chi connectivity index (χ1n) is 6.02. The molecule has 0 radical (unpaired) electrons. The fourth-order valence-corrected chi connectivity index (χ4v) is 1.77. The molecular formula is C15H12FNO4. The predicted molar refractivity (Wildman–Crippen MR) is 72.7 cm³/mol. The molecule has 0 aromatic heterocycles. The monoisotopic (exact) mass is 289 g/mol. The van der Waals surface area contributed by atoms with Gasteiger partial charge in [-0.25, -0.2) is 9.18 Å². The number of carbonyl (C=O) groups excluding carboxylic acids is 1. The van der Waals surface area contributed by atoms with Gasteiger partial charge in [-0.1, -0.05) is 12.1 Å². The quantitative estimate of drug-likeness (QED) is 0.883. The third-order valence-electron chi connectivity index (χ3n) is 2.78. The molecule has 2 aromatic carbocycles. The van der Waals surface area contributed by atoms with Crippen LogP contribution in [0.2, 0.25) is 0 Å². The summed E-state index contributed by atoms with van der Waals surface area (Å²) in [7, 11) is 0. The van der Waals surface area contributed by atoms with Gasteiger partial charge in [0.1, 0.15) is 23.7 Å². The van der Waals surface area contributed by atoms with E-state index in [4.69, 9.17) is 15.6 Å². The number of amides is 1. The van der Waals surface area contributed by atoms with E-state index in [0.717, 1.165) is 12.1 Å². The Labute approximate surface area is 119 Å². The molecule has 0 saturated heterocycles. The average Bonchev–Trinajstić information content (AvgIpc) is 2.46. The highest BCUT2D eigenvalue weighted by atomic mass is 19.1. The third kappa shape index (κ3) is 3.56. The molecule has 0 aliphatic heterocycles. The lowest BCUT2D eigenvalue weighted by molar-refractivity contribution is 0.0691. The van der Waals surface area contributed by atoms with E-state index >= 15 is 0 Å². The standard InChI is InChI=1S/C15H12FNO4/c16-11-4-5-13(12(7-11)15(19)20)21-8-9-2-1-3-10(6-9)14(17)18/h1-7H,8H2,(H2,17,18)(H,19,20). The molecule has 1 amide bonds. The number of ether oxygens (including phenoxy) is 1. The van der Waals surface area contributed by atoms with Crippen molar-refractivity contribution in [3.8, 4) is 5.75 Å². The third-order valence-corrected chi connectivity index (χ3v) is 2.78. The number of benzene rings is 2. The lowest BCUT2D eigenvalue weighted by atomic mass is 10.1. The van der Waals surface area contributed by atoms with E-state index in [1.165, 1.54) is 6.07 Å². The maximum absolute atomic E-state index is 13.0. The Kier molecular flexibility index (Phi) is 4.18. The lowest BCUT2D eigenvalue weighted by Crippen LogP contribution is -2.11. The second-order valence-corrected chi connectivity index (χ2v) is 4.30. The van der Waals surface area contributed by atoms with Crippen molar-refractivity contribution < 1.29 is 23.8 Å². The minimum atomic E-state index is -1.28. The van der Waals surface area contributed by atoms with Crippen LogP contribution < -0.4 is 10.5 Å². The summed E-state index contributed by atoms with van der Waals surface area (Å²) in [5.41, 5.74) is 5.88. The topological polar surface area (TPSA) is 89.6 Å². The van der Waals surface area contributed by atoms with E-state index in [1.54, 1.807) is 24.3 Å². The van der Waals surface area contributed by atoms with Crippen molar-refractivity contribution in [1.82, 2.24) is 0 Å². The van der Waals surface area contributed by atoms with Gasteiger partial charge >= 0.3 is 5.97 Å². The minimum Gasteiger partial charge on any atom is -0.488 e. The van der Waals surface area contributed by atoms with Crippen LogP contribution in [0.3, 0.4) is 0 Å². The van der Waals surface area contributed by atoms with Gasteiger partial charge in [-0.2, -0.15) is 0 Å². The molecule has 21 heavy (non-hydrogen) atoms. The zero-order valence-corrected chi connectivity index (χ0v) is 10.9. The molecule has 0 heterocycles. The van der Waals surface area contributed by atoms with Crippen LogP contribution in [0.4, 0.5) is 4.39 Å². The van der Waals surface area contributed by atoms with Crippen molar-refractivity contribution in [2.24, 2.45) is 5.73 Å². The summed E-state index contributed by atoms with van der Waals surface area (Å²) in [6.07, 6.45) is 0. The Morgan fingerprint density at radius 1 is 1.19 bits per heavy atom. The zero-order chi connectivity index (χ0) is 15.4. The van der Waals surface area contributed by atoms with Gasteiger partial charge in [-0.3, -0.25) is 4.79 Å². The van der Waals surface area contributed by atoms with Crippen LogP contribution in [0.5, 0.6) is 5.75 Å². The summed E-state index contributed by atoms with van der Waals surface area (Å²) >= 11 is 0. The van der Waals surface area contributed by atoms with Gasteiger partial charge in [0, 0.05) is 5.56 Å². The number of halogens is 1. The predicted octanol–water partition coefficient (Wildman–Crippen LogP) is 2.20. The van der Waals surface area contributed by atoms with Crippen LogP contribution >= 0.6 is 0 Å². The van der Waals surface area contributed by atoms with Gasteiger partial charge in [-0.05, 0) is 35.9 Å². The number of hydrogen-bond acceptors (Lipinski definition) is 3. The van der Waals surface area contributed by atoms with Gasteiger partial charge in [0.25, 0.3) is 0 Å². The van der Waals surface area contributed by atoms with Crippen LogP contribution in [-0.4, -0.2) is 17.0 Å². The number of aromatic carboxylic acids is 1. The van der Waals surface area contributed by atoms with Crippen LogP contribution in [0.15, 0.2) is 42.5 Å². The van der Waals surface area contributed by atoms with E-state index in [2.05, 4.69) is 0 Å². The maximum Gasteiger partial charge on any atom is 0.339 e. The Balaban J connectivity index is 2.18. The normalized spacial score (nSPS) is 10.1. The average molecular weight is 289 g/mol. The molecule has 0 spiro atoms. The first-order valence-corrected chi connectivity index (χ1v) is 6.02. The summed E-state index contributed by atoms with van der Waals surface area (Å²) in [5, 5.41) is 9.00. The molecule has 3 N–H and O–H groups in total. The van der Waals surface area contributed by atoms with Crippen LogP contribution in [0, 0.1) is 5.82 Å². The fraction of sp³-hybridized carbons (Fsp3) is 0.0667. The molecular weight excluding hydrogens is 277 g/mol. The largest absolute Gasteiger partial charge is 0.488 e. The van der Waals surface area contributed by atoms with E-state index < -0.39 is 17.7 Å². The number of rotatable bonds is 5. The van der Waals surface area contributed by atoms with Crippen molar-refractivity contribution >= 4 is 11.9 Å². The van der Waals surface area contributed by atoms with Gasteiger partial charge in [0.05, 0.1) is 0 Å². The van der Waals surface area contributed by atoms with E-state index in [0.29, 0.717) is 11.1 Å². The van der Waals surface area contributed by atoms with Crippen molar-refractivity contribution in [3.63, 3.8) is 0 Å². The van der Waals surface area contributed by atoms with Crippen molar-refractivity contribution in [2.45, 2.75) is 6.61 Å². The van der Waals surface area contributed by atoms with E-state index in [1.807, 2.05) is 0 Å². The molecule has 5 nitrogen and oxygen atoms in total. The second kappa shape index (κ2) is 6.04. The highest BCUT2D eigenvalue weighted by molar-refractivity contribution is 5.93. The molecule has 2 rings (SSSR count). The Hall–Kier alpha value is -2.89. The number of primary amides is 1. The second-order valence-electron chi connectivity index (χ2n) is 4.30. The van der Waals surface area contributed by atoms with E-state index in [-0.39, 0.29) is 17.9 Å². The fourth-order valence-electron chi connectivity index (χ4n) is 1.77. The number of carboxylic acids is 1. The Morgan fingerprint density at radius 3 is 2.62 bits per heavy atom. The summed E-state index contributed by atoms with van der Waals surface area (Å²) in [4.78, 5) is 22.1. The zero-order valence-electron chi connectivity index (χ0n) is 10.9. The molecule has 0 unspecified atom stereocenters. The van der Waals surface area contributed by atoms with Gasteiger partial charge in [-0.15, -0.1) is 0 Å². The highest BCUT2D eigenvalue weighted by Crippen LogP contribution is 2.21. The van der Waals surface area contributed by atoms with Crippen molar-refractivity contribution in [1.29, 1.82) is 0 Å². The lowest BCUT2D eigenvalue weighted by Gasteiger charge is -2.09. The molecule has 2 aromatic rings. The van der Waals surface area contributed by atoms with Crippen LogP contribution in [0.25, 0.3) is 0 Å². The molecule has 0 bridgehead atoms. The van der Waals surface area contributed by atoms with Crippen LogP contribution in [-0.2, 0) is 6.61 Å². The van der Waals surface area contributed by atoms with Crippen molar-refractivity contribution in [2.75, 3.05) is 0 Å². The molecule has 0 fully saturated rings. The van der Waals surface area contributed by atoms with Gasteiger partial charge < -0.3 is 15.6 Å². The van der Waals surface area contributed by atoms with Gasteiger partial charge in [0.2, 0.25) is 5.91 Å². The number of carboxylic acid groups (broad SMARTS) is 1. The molecule has 0 aliphatic rings. The smallest absolute Gasteiger partial charge is 0.339 e. The highest BCUT2D eigenvalue weighted by Gasteiger charge is 2.13. The minimum absolute atomic E-state index is 0.0348. The SMILES string of the molecule is NC(=O)c1cccc(COc2ccc(F)cc2C(=O)O)c1. The number of carbonyl (C=O) groups is 2. The van der Waals surface area contributed by atoms with Crippen LogP contribution in [0.1, 0.15) is 26.3 Å². The Morgan fingerprint density at radius 2 is 1.95 bits per heavy atom. The maximum atomic E-state index is 13.0. The summed E-state index contributed by atoms with van der Waals surface area (Å²) < 4.78 is 18.4. The number of nitrogens with two attached hydrogens (primary N) is 1. The van der Waals surface area contributed by atoms with E-state index in [9.17, 15) is 14.0 Å². The summed E-state index contributed by atoms with van der Waals surface area (Å²) in [6.45, 7) is 0.0348. The first-order chi connectivity index (χ1) is 9.97. The molecule has 108 valence electrons. The van der Waals surface area contributed by atoms with Crippen molar-refractivity contribution in [3.05, 3.63) is 65.0 Å². The molecule has 0 saturated carbocycles. The van der Waals surface area contributed by atoms with Gasteiger partial charge in [0.15, 0.2) is 0 Å². The summed E-state index contributed by atoms with van der Waals surface area (Å²) in [6, 6.07) is 9.70. The first kappa shape index (κ1) is 14.5.